The first-order chi connectivity index (χ1) is 10.2. The van der Waals surface area contributed by atoms with Gasteiger partial charge in [0.1, 0.15) is 5.75 Å². The smallest absolute Gasteiger partial charge is 0.260 e. The molecule has 6 heteroatoms. The van der Waals surface area contributed by atoms with E-state index in [1.54, 1.807) is 7.11 Å². The average molecular weight is 346 g/mol. The molecule has 1 heterocycles. The lowest BCUT2D eigenvalue weighted by atomic mass is 10.1. The van der Waals surface area contributed by atoms with Crippen molar-refractivity contribution in [2.45, 2.75) is 0 Å². The van der Waals surface area contributed by atoms with Gasteiger partial charge in [-0.2, -0.15) is 4.98 Å². The average Bonchev–Trinajstić information content (AvgIpc) is 2.99. The Bertz CT molecular complexity index is 786. The summed E-state index contributed by atoms with van der Waals surface area (Å²) < 4.78 is 11.4. The highest BCUT2D eigenvalue weighted by Gasteiger charge is 2.16. The van der Waals surface area contributed by atoms with E-state index in [0.717, 1.165) is 10.0 Å². The Labute approximate surface area is 129 Å². The van der Waals surface area contributed by atoms with Gasteiger partial charge in [0.05, 0.1) is 23.9 Å². The lowest BCUT2D eigenvalue weighted by Gasteiger charge is -2.03. The number of hydrogen-bond acceptors (Lipinski definition) is 5. The molecule has 0 amide bonds. The van der Waals surface area contributed by atoms with Crippen LogP contribution in [-0.2, 0) is 0 Å². The molecule has 0 atom stereocenters. The molecule has 3 rings (SSSR count). The van der Waals surface area contributed by atoms with E-state index < -0.39 is 0 Å². The van der Waals surface area contributed by atoms with Crippen molar-refractivity contribution in [1.29, 1.82) is 0 Å². The molecule has 0 saturated carbocycles. The summed E-state index contributed by atoms with van der Waals surface area (Å²) >= 11 is 3.38. The number of benzene rings is 2. The van der Waals surface area contributed by atoms with Gasteiger partial charge in [0, 0.05) is 4.47 Å². The van der Waals surface area contributed by atoms with Gasteiger partial charge in [-0.25, -0.2) is 0 Å². The largest absolute Gasteiger partial charge is 0.496 e. The third-order valence-corrected chi connectivity index (χ3v) is 3.75. The minimum Gasteiger partial charge on any atom is -0.496 e. The van der Waals surface area contributed by atoms with Crippen LogP contribution < -0.4 is 10.5 Å². The van der Waals surface area contributed by atoms with E-state index in [9.17, 15) is 0 Å². The molecular formula is C15H12BrN3O2. The molecule has 0 saturated heterocycles. The summed E-state index contributed by atoms with van der Waals surface area (Å²) in [6.07, 6.45) is 0. The molecule has 0 aliphatic rings. The highest BCUT2D eigenvalue weighted by Crippen LogP contribution is 2.33. The van der Waals surface area contributed by atoms with E-state index in [4.69, 9.17) is 15.0 Å². The molecule has 0 spiro atoms. The zero-order valence-corrected chi connectivity index (χ0v) is 12.8. The van der Waals surface area contributed by atoms with Crippen LogP contribution in [0.1, 0.15) is 0 Å². The number of aromatic nitrogens is 2. The van der Waals surface area contributed by atoms with E-state index in [1.165, 1.54) is 0 Å². The van der Waals surface area contributed by atoms with Crippen LogP contribution in [0.3, 0.4) is 0 Å². The van der Waals surface area contributed by atoms with Crippen molar-refractivity contribution in [3.05, 3.63) is 46.9 Å². The fourth-order valence-electron chi connectivity index (χ4n) is 2.00. The number of halogens is 1. The molecule has 0 aliphatic heterocycles. The summed E-state index contributed by atoms with van der Waals surface area (Å²) in [7, 11) is 1.60. The highest BCUT2D eigenvalue weighted by molar-refractivity contribution is 9.10. The number of hydrogen-bond donors (Lipinski definition) is 1. The van der Waals surface area contributed by atoms with Crippen molar-refractivity contribution >= 4 is 21.6 Å². The summed E-state index contributed by atoms with van der Waals surface area (Å²) in [5.74, 6) is 1.52. The van der Waals surface area contributed by atoms with E-state index in [-0.39, 0.29) is 0 Å². The third kappa shape index (κ3) is 2.50. The van der Waals surface area contributed by atoms with E-state index in [1.807, 2.05) is 42.5 Å². The number of anilines is 1. The Kier molecular flexibility index (Phi) is 3.62. The first-order valence-electron chi connectivity index (χ1n) is 6.22. The lowest BCUT2D eigenvalue weighted by Crippen LogP contribution is -1.92. The monoisotopic (exact) mass is 345 g/mol. The van der Waals surface area contributed by atoms with Crippen molar-refractivity contribution in [3.8, 4) is 28.6 Å². The predicted octanol–water partition coefficient (Wildman–Crippen LogP) is 3.76. The number of nitrogen functional groups attached to an aromatic ring is 1. The first-order valence-corrected chi connectivity index (χ1v) is 7.01. The normalized spacial score (nSPS) is 10.6. The van der Waals surface area contributed by atoms with Gasteiger partial charge < -0.3 is 15.0 Å². The summed E-state index contributed by atoms with van der Waals surface area (Å²) in [6.45, 7) is 0. The van der Waals surface area contributed by atoms with Crippen molar-refractivity contribution in [1.82, 2.24) is 10.1 Å². The van der Waals surface area contributed by atoms with Gasteiger partial charge in [0.25, 0.3) is 5.89 Å². The van der Waals surface area contributed by atoms with Gasteiger partial charge in [0.15, 0.2) is 0 Å². The predicted molar refractivity (Wildman–Crippen MR) is 83.8 cm³/mol. The van der Waals surface area contributed by atoms with Crippen molar-refractivity contribution in [3.63, 3.8) is 0 Å². The zero-order chi connectivity index (χ0) is 14.8. The second kappa shape index (κ2) is 5.57. The highest BCUT2D eigenvalue weighted by atomic mass is 79.9. The maximum Gasteiger partial charge on any atom is 0.260 e. The number of nitrogens with zero attached hydrogens (tertiary/aromatic N) is 2. The molecule has 0 aliphatic carbocycles. The van der Waals surface area contributed by atoms with Gasteiger partial charge >= 0.3 is 0 Å². The molecule has 0 unspecified atom stereocenters. The Hall–Kier alpha value is -2.34. The van der Waals surface area contributed by atoms with E-state index in [2.05, 4.69) is 26.1 Å². The summed E-state index contributed by atoms with van der Waals surface area (Å²) in [6, 6.07) is 13.0. The maximum atomic E-state index is 6.02. The second-order valence-corrected chi connectivity index (χ2v) is 5.18. The minimum atomic E-state index is 0.370. The number of ether oxygens (including phenoxy) is 1. The molecule has 3 aromatic rings. The van der Waals surface area contributed by atoms with Crippen LogP contribution in [0, 0.1) is 0 Å². The van der Waals surface area contributed by atoms with Crippen LogP contribution in [0.2, 0.25) is 0 Å². The minimum absolute atomic E-state index is 0.370. The Balaban J connectivity index is 2.06. The Morgan fingerprint density at radius 2 is 1.86 bits per heavy atom. The zero-order valence-electron chi connectivity index (χ0n) is 11.2. The van der Waals surface area contributed by atoms with Gasteiger partial charge in [-0.05, 0) is 40.2 Å². The van der Waals surface area contributed by atoms with Crippen molar-refractivity contribution in [2.24, 2.45) is 0 Å². The van der Waals surface area contributed by atoms with Crippen molar-refractivity contribution < 1.29 is 9.26 Å². The summed E-state index contributed by atoms with van der Waals surface area (Å²) in [5.41, 5.74) is 8.04. The third-order valence-electron chi connectivity index (χ3n) is 3.06. The Morgan fingerprint density at radius 1 is 1.10 bits per heavy atom. The van der Waals surface area contributed by atoms with Crippen LogP contribution in [0.25, 0.3) is 22.8 Å². The summed E-state index contributed by atoms with van der Waals surface area (Å²) in [5, 5.41) is 4.01. The first kappa shape index (κ1) is 13.6. The van der Waals surface area contributed by atoms with E-state index >= 15 is 0 Å². The van der Waals surface area contributed by atoms with Crippen molar-refractivity contribution in [2.75, 3.05) is 12.8 Å². The van der Waals surface area contributed by atoms with Crippen LogP contribution in [0.4, 0.5) is 5.69 Å². The van der Waals surface area contributed by atoms with Crippen LogP contribution in [0.15, 0.2) is 51.5 Å². The molecule has 5 nitrogen and oxygen atoms in total. The van der Waals surface area contributed by atoms with E-state index in [0.29, 0.717) is 28.7 Å². The van der Waals surface area contributed by atoms with Gasteiger partial charge in [-0.15, -0.1) is 0 Å². The van der Waals surface area contributed by atoms with Gasteiger partial charge in [-0.3, -0.25) is 0 Å². The Morgan fingerprint density at radius 3 is 2.67 bits per heavy atom. The number of methoxy groups -OCH3 is 1. The van der Waals surface area contributed by atoms with Crippen LogP contribution >= 0.6 is 15.9 Å². The molecule has 106 valence electrons. The molecule has 2 aromatic carbocycles. The fourth-order valence-corrected chi connectivity index (χ4v) is 2.36. The molecule has 21 heavy (non-hydrogen) atoms. The van der Waals surface area contributed by atoms with Crippen LogP contribution in [-0.4, -0.2) is 17.3 Å². The van der Waals surface area contributed by atoms with Gasteiger partial charge in [-0.1, -0.05) is 23.4 Å². The molecule has 2 N–H and O–H groups in total. The standard InChI is InChI=1S/C15H12BrN3O2/c1-20-12-8-3-2-5-9(12)14-18-15(21-19-14)10-6-4-7-11(16)13(10)17/h2-8H,17H2,1H3. The maximum absolute atomic E-state index is 6.02. The summed E-state index contributed by atoms with van der Waals surface area (Å²) in [4.78, 5) is 4.40. The lowest BCUT2D eigenvalue weighted by molar-refractivity contribution is 0.413. The SMILES string of the molecule is COc1ccccc1-c1noc(-c2cccc(Br)c2N)n1. The molecule has 0 radical (unpaired) electrons. The van der Waals surface area contributed by atoms with Gasteiger partial charge in [0.2, 0.25) is 5.82 Å². The number of para-hydroxylation sites is 2. The number of nitrogens with two attached hydrogens (primary N) is 1. The molecule has 0 fully saturated rings. The topological polar surface area (TPSA) is 74.2 Å². The van der Waals surface area contributed by atoms with Crippen LogP contribution in [0.5, 0.6) is 5.75 Å². The fraction of sp³-hybridized carbons (Fsp3) is 0.0667. The number of rotatable bonds is 3. The quantitative estimate of drug-likeness (QED) is 0.731. The molecular weight excluding hydrogens is 334 g/mol. The second-order valence-electron chi connectivity index (χ2n) is 4.32. The molecule has 1 aromatic heterocycles. The molecule has 0 bridgehead atoms.